The van der Waals surface area contributed by atoms with E-state index in [1.807, 2.05) is 18.2 Å². The summed E-state index contributed by atoms with van der Waals surface area (Å²) in [5.74, 6) is -0.219. The molecule has 0 aliphatic carbocycles. The Morgan fingerprint density at radius 1 is 1.11 bits per heavy atom. The molecule has 0 fully saturated rings. The Balaban J connectivity index is 2.08. The van der Waals surface area contributed by atoms with Gasteiger partial charge in [0, 0.05) is 10.9 Å². The van der Waals surface area contributed by atoms with Gasteiger partial charge in [-0.2, -0.15) is 0 Å². The molecule has 0 radical (unpaired) electrons. The lowest BCUT2D eigenvalue weighted by Crippen LogP contribution is -2.00. The fourth-order valence-electron chi connectivity index (χ4n) is 2.02. The largest absolute Gasteiger partial charge is 0.458 e. The van der Waals surface area contributed by atoms with Crippen molar-refractivity contribution >= 4 is 22.6 Å². The van der Waals surface area contributed by atoms with E-state index in [1.54, 1.807) is 18.2 Å². The van der Waals surface area contributed by atoms with Crippen LogP contribution in [0.3, 0.4) is 0 Å². The van der Waals surface area contributed by atoms with Crippen molar-refractivity contribution in [1.29, 1.82) is 0 Å². The van der Waals surface area contributed by atoms with Gasteiger partial charge >= 0.3 is 0 Å². The third-order valence-corrected chi connectivity index (χ3v) is 3.39. The Hall–Kier alpha value is -1.84. The van der Waals surface area contributed by atoms with Crippen molar-refractivity contribution in [1.82, 2.24) is 0 Å². The molecular weight excluding hydrogens is 267 g/mol. The first-order valence-corrected chi connectivity index (χ1v) is 6.15. The van der Waals surface area contributed by atoms with Gasteiger partial charge in [-0.25, -0.2) is 4.39 Å². The van der Waals surface area contributed by atoms with Crippen LogP contribution < -0.4 is 0 Å². The van der Waals surface area contributed by atoms with E-state index in [0.717, 1.165) is 5.39 Å². The zero-order chi connectivity index (χ0) is 13.4. The van der Waals surface area contributed by atoms with E-state index >= 15 is 0 Å². The molecule has 4 heteroatoms. The second-order valence-corrected chi connectivity index (χ2v) is 4.61. The molecule has 0 saturated heterocycles. The highest BCUT2D eigenvalue weighted by molar-refractivity contribution is 6.31. The van der Waals surface area contributed by atoms with Crippen molar-refractivity contribution in [2.45, 2.75) is 6.10 Å². The predicted molar refractivity (Wildman–Crippen MR) is 71.7 cm³/mol. The van der Waals surface area contributed by atoms with E-state index in [4.69, 9.17) is 16.0 Å². The Labute approximate surface area is 114 Å². The van der Waals surface area contributed by atoms with Gasteiger partial charge in [0.15, 0.2) is 0 Å². The molecule has 3 aromatic rings. The van der Waals surface area contributed by atoms with Crippen LogP contribution in [-0.2, 0) is 0 Å². The molecule has 96 valence electrons. The Kier molecular flexibility index (Phi) is 3.01. The number of benzene rings is 2. The third kappa shape index (κ3) is 2.11. The van der Waals surface area contributed by atoms with Crippen molar-refractivity contribution < 1.29 is 13.9 Å². The van der Waals surface area contributed by atoms with Crippen LogP contribution in [0.2, 0.25) is 5.02 Å². The van der Waals surface area contributed by atoms with Crippen molar-refractivity contribution in [2.24, 2.45) is 0 Å². The minimum Gasteiger partial charge on any atom is -0.458 e. The van der Waals surface area contributed by atoms with E-state index in [0.29, 0.717) is 16.9 Å². The standard InChI is InChI=1S/C15H10ClFO2/c16-14-10(5-3-6-11(14)17)15(18)13-8-9-4-1-2-7-12(9)19-13/h1-8,15,18H. The van der Waals surface area contributed by atoms with Gasteiger partial charge in [-0.3, -0.25) is 0 Å². The van der Waals surface area contributed by atoms with Gasteiger partial charge in [-0.05, 0) is 18.2 Å². The number of hydrogen-bond acceptors (Lipinski definition) is 2. The second-order valence-electron chi connectivity index (χ2n) is 4.23. The molecule has 3 rings (SSSR count). The normalized spacial score (nSPS) is 12.8. The predicted octanol–water partition coefficient (Wildman–Crippen LogP) is 4.31. The molecule has 2 nitrogen and oxygen atoms in total. The molecule has 1 atom stereocenters. The topological polar surface area (TPSA) is 33.4 Å². The number of rotatable bonds is 2. The summed E-state index contributed by atoms with van der Waals surface area (Å²) in [6, 6.07) is 13.4. The van der Waals surface area contributed by atoms with Gasteiger partial charge in [-0.15, -0.1) is 0 Å². The molecular formula is C15H10ClFO2. The molecule has 0 aliphatic rings. The number of furan rings is 1. The lowest BCUT2D eigenvalue weighted by Gasteiger charge is -2.10. The summed E-state index contributed by atoms with van der Waals surface area (Å²) in [6.07, 6.45) is -1.09. The molecule has 0 spiro atoms. The van der Waals surface area contributed by atoms with Crippen LogP contribution in [0.15, 0.2) is 52.9 Å². The average molecular weight is 277 g/mol. The van der Waals surface area contributed by atoms with Crippen molar-refractivity contribution in [3.63, 3.8) is 0 Å². The summed E-state index contributed by atoms with van der Waals surface area (Å²) < 4.78 is 18.9. The second kappa shape index (κ2) is 4.68. The number of para-hydroxylation sites is 1. The molecule has 2 aromatic carbocycles. The van der Waals surface area contributed by atoms with Crippen LogP contribution >= 0.6 is 11.6 Å². The summed E-state index contributed by atoms with van der Waals surface area (Å²) in [5, 5.41) is 11.0. The highest BCUT2D eigenvalue weighted by Gasteiger charge is 2.19. The van der Waals surface area contributed by atoms with Crippen molar-refractivity contribution in [3.05, 3.63) is 70.7 Å². The Bertz CT molecular complexity index is 703. The van der Waals surface area contributed by atoms with Crippen LogP contribution in [0.25, 0.3) is 11.0 Å². The number of aliphatic hydroxyl groups is 1. The highest BCUT2D eigenvalue weighted by Crippen LogP contribution is 2.32. The van der Waals surface area contributed by atoms with Crippen LogP contribution in [0.4, 0.5) is 4.39 Å². The Morgan fingerprint density at radius 3 is 2.68 bits per heavy atom. The van der Waals surface area contributed by atoms with Crippen molar-refractivity contribution in [2.75, 3.05) is 0 Å². The summed E-state index contributed by atoms with van der Waals surface area (Å²) >= 11 is 5.86. The molecule has 0 amide bonds. The number of hydrogen-bond donors (Lipinski definition) is 1. The number of aliphatic hydroxyl groups excluding tert-OH is 1. The zero-order valence-corrected chi connectivity index (χ0v) is 10.6. The minimum absolute atomic E-state index is 0.0875. The molecule has 1 heterocycles. The lowest BCUT2D eigenvalue weighted by atomic mass is 10.1. The van der Waals surface area contributed by atoms with E-state index < -0.39 is 11.9 Å². The van der Waals surface area contributed by atoms with E-state index in [9.17, 15) is 9.50 Å². The third-order valence-electron chi connectivity index (χ3n) is 2.99. The first-order valence-electron chi connectivity index (χ1n) is 5.77. The number of fused-ring (bicyclic) bond motifs is 1. The van der Waals surface area contributed by atoms with Crippen LogP contribution in [0.1, 0.15) is 17.4 Å². The molecule has 1 aromatic heterocycles. The monoisotopic (exact) mass is 276 g/mol. The average Bonchev–Trinajstić information content (AvgIpc) is 2.85. The summed E-state index contributed by atoms with van der Waals surface area (Å²) in [4.78, 5) is 0. The SMILES string of the molecule is OC(c1cc2ccccc2o1)c1cccc(F)c1Cl. The number of halogens is 2. The van der Waals surface area contributed by atoms with Gasteiger partial charge in [-0.1, -0.05) is 41.9 Å². The molecule has 1 unspecified atom stereocenters. The maximum Gasteiger partial charge on any atom is 0.142 e. The molecule has 0 saturated carbocycles. The Morgan fingerprint density at radius 2 is 1.89 bits per heavy atom. The summed E-state index contributed by atoms with van der Waals surface area (Å²) in [5.41, 5.74) is 0.963. The fraction of sp³-hybridized carbons (Fsp3) is 0.0667. The van der Waals surface area contributed by atoms with Crippen LogP contribution in [0, 0.1) is 5.82 Å². The molecule has 1 N–H and O–H groups in total. The van der Waals surface area contributed by atoms with Gasteiger partial charge in [0.25, 0.3) is 0 Å². The minimum atomic E-state index is -1.09. The van der Waals surface area contributed by atoms with Crippen molar-refractivity contribution in [3.8, 4) is 0 Å². The highest BCUT2D eigenvalue weighted by atomic mass is 35.5. The first-order chi connectivity index (χ1) is 9.16. The fourth-order valence-corrected chi connectivity index (χ4v) is 2.25. The maximum atomic E-state index is 13.4. The molecule has 0 bridgehead atoms. The molecule has 0 aliphatic heterocycles. The van der Waals surface area contributed by atoms with E-state index in [2.05, 4.69) is 0 Å². The maximum absolute atomic E-state index is 13.4. The van der Waals surface area contributed by atoms with Gasteiger partial charge in [0.05, 0.1) is 5.02 Å². The molecule has 19 heavy (non-hydrogen) atoms. The van der Waals surface area contributed by atoms with E-state index in [-0.39, 0.29) is 5.02 Å². The zero-order valence-electron chi connectivity index (χ0n) is 9.81. The van der Waals surface area contributed by atoms with Crippen LogP contribution in [-0.4, -0.2) is 5.11 Å². The smallest absolute Gasteiger partial charge is 0.142 e. The quantitative estimate of drug-likeness (QED) is 0.757. The van der Waals surface area contributed by atoms with E-state index in [1.165, 1.54) is 12.1 Å². The lowest BCUT2D eigenvalue weighted by molar-refractivity contribution is 0.192. The van der Waals surface area contributed by atoms with Crippen LogP contribution in [0.5, 0.6) is 0 Å². The summed E-state index contributed by atoms with van der Waals surface area (Å²) in [7, 11) is 0. The van der Waals surface area contributed by atoms with Gasteiger partial charge < -0.3 is 9.52 Å². The summed E-state index contributed by atoms with van der Waals surface area (Å²) in [6.45, 7) is 0. The van der Waals surface area contributed by atoms with Gasteiger partial charge in [0.2, 0.25) is 0 Å². The first kappa shape index (κ1) is 12.2. The van der Waals surface area contributed by atoms with Gasteiger partial charge in [0.1, 0.15) is 23.3 Å².